The van der Waals surface area contributed by atoms with Gasteiger partial charge in [0.2, 0.25) is 0 Å². The largest absolute Gasteiger partial charge is 0.330 e. The van der Waals surface area contributed by atoms with Crippen molar-refractivity contribution in [2.75, 3.05) is 6.54 Å². The first-order chi connectivity index (χ1) is 8.53. The molecule has 0 bridgehead atoms. The molecule has 3 rings (SSSR count). The van der Waals surface area contributed by atoms with E-state index in [0.717, 1.165) is 6.54 Å². The summed E-state index contributed by atoms with van der Waals surface area (Å²) in [6.07, 6.45) is 0. The van der Waals surface area contributed by atoms with Crippen LogP contribution in [0.15, 0.2) is 42.5 Å². The van der Waals surface area contributed by atoms with Crippen LogP contribution in [0.4, 0.5) is 0 Å². The molecule has 0 aliphatic heterocycles. The molecule has 2 aromatic rings. The molecule has 0 radical (unpaired) electrons. The molecule has 2 N–H and O–H groups in total. The van der Waals surface area contributed by atoms with Crippen LogP contribution in [0.1, 0.15) is 26.3 Å². The molecule has 2 unspecified atom stereocenters. The smallest absolute Gasteiger partial charge is 0.00311 e. The minimum atomic E-state index is 0.211. The van der Waals surface area contributed by atoms with Gasteiger partial charge in [0.05, 0.1) is 0 Å². The molecule has 0 amide bonds. The molecule has 94 valence electrons. The molecule has 1 aliphatic carbocycles. The molecule has 1 fully saturated rings. The van der Waals surface area contributed by atoms with Crippen molar-refractivity contribution >= 4 is 10.8 Å². The van der Waals surface area contributed by atoms with Crippen molar-refractivity contribution in [2.45, 2.75) is 26.2 Å². The van der Waals surface area contributed by atoms with Crippen molar-refractivity contribution in [3.8, 4) is 0 Å². The summed E-state index contributed by atoms with van der Waals surface area (Å²) < 4.78 is 0. The van der Waals surface area contributed by atoms with E-state index in [9.17, 15) is 0 Å². The molecule has 1 heteroatoms. The van der Waals surface area contributed by atoms with Gasteiger partial charge in [0.15, 0.2) is 0 Å². The van der Waals surface area contributed by atoms with Crippen LogP contribution in [0.2, 0.25) is 0 Å². The number of fused-ring (bicyclic) bond motifs is 1. The lowest BCUT2D eigenvalue weighted by Gasteiger charge is -2.18. The molecule has 2 atom stereocenters. The quantitative estimate of drug-likeness (QED) is 0.849. The standard InChI is InChI=1S/C17H21N/c1-16(2)15(11-18)17(16,3)14-10-6-8-12-7-4-5-9-13(12)14/h4-10,15H,11,18H2,1-3H3. The molecule has 2 aromatic carbocycles. The lowest BCUT2D eigenvalue weighted by Crippen LogP contribution is -2.12. The maximum Gasteiger partial charge on any atom is 0.00311 e. The lowest BCUT2D eigenvalue weighted by molar-refractivity contribution is 0.520. The van der Waals surface area contributed by atoms with E-state index in [4.69, 9.17) is 5.73 Å². The summed E-state index contributed by atoms with van der Waals surface area (Å²) in [5, 5.41) is 2.71. The van der Waals surface area contributed by atoms with E-state index >= 15 is 0 Å². The van der Waals surface area contributed by atoms with E-state index in [0.29, 0.717) is 11.3 Å². The van der Waals surface area contributed by atoms with Gasteiger partial charge in [-0.25, -0.2) is 0 Å². The Labute approximate surface area is 109 Å². The minimum absolute atomic E-state index is 0.211. The van der Waals surface area contributed by atoms with Crippen molar-refractivity contribution in [3.63, 3.8) is 0 Å². The Morgan fingerprint density at radius 1 is 1.00 bits per heavy atom. The minimum Gasteiger partial charge on any atom is -0.330 e. The third-order valence-corrected chi connectivity index (χ3v) is 5.41. The van der Waals surface area contributed by atoms with Crippen molar-refractivity contribution in [1.82, 2.24) is 0 Å². The summed E-state index contributed by atoms with van der Waals surface area (Å²) in [5.41, 5.74) is 7.93. The van der Waals surface area contributed by atoms with Crippen LogP contribution in [0.3, 0.4) is 0 Å². The fourth-order valence-electron chi connectivity index (χ4n) is 3.85. The molecule has 0 saturated heterocycles. The monoisotopic (exact) mass is 239 g/mol. The zero-order valence-corrected chi connectivity index (χ0v) is 11.4. The number of rotatable bonds is 2. The second-order valence-corrected chi connectivity index (χ2v) is 6.24. The Hall–Kier alpha value is -1.34. The van der Waals surface area contributed by atoms with Gasteiger partial charge in [-0.15, -0.1) is 0 Å². The van der Waals surface area contributed by atoms with Crippen LogP contribution in [-0.2, 0) is 5.41 Å². The van der Waals surface area contributed by atoms with E-state index in [1.54, 1.807) is 0 Å². The van der Waals surface area contributed by atoms with E-state index < -0.39 is 0 Å². The highest BCUT2D eigenvalue weighted by atomic mass is 14.8. The molecule has 0 heterocycles. The van der Waals surface area contributed by atoms with Gasteiger partial charge in [0.1, 0.15) is 0 Å². The van der Waals surface area contributed by atoms with Crippen molar-refractivity contribution < 1.29 is 0 Å². The summed E-state index contributed by atoms with van der Waals surface area (Å²) in [6.45, 7) is 7.82. The van der Waals surface area contributed by atoms with Crippen molar-refractivity contribution in [1.29, 1.82) is 0 Å². The fourth-order valence-corrected chi connectivity index (χ4v) is 3.85. The van der Waals surface area contributed by atoms with Gasteiger partial charge in [0.25, 0.3) is 0 Å². The summed E-state index contributed by atoms with van der Waals surface area (Å²) >= 11 is 0. The van der Waals surface area contributed by atoms with Gasteiger partial charge in [0, 0.05) is 5.41 Å². The van der Waals surface area contributed by atoms with Crippen LogP contribution in [0.25, 0.3) is 10.8 Å². The van der Waals surface area contributed by atoms with Gasteiger partial charge >= 0.3 is 0 Å². The van der Waals surface area contributed by atoms with E-state index in [1.165, 1.54) is 16.3 Å². The van der Waals surface area contributed by atoms with Crippen molar-refractivity contribution in [3.05, 3.63) is 48.0 Å². The normalized spacial score (nSPS) is 29.4. The topological polar surface area (TPSA) is 26.0 Å². The molecule has 18 heavy (non-hydrogen) atoms. The van der Waals surface area contributed by atoms with Gasteiger partial charge < -0.3 is 5.73 Å². The summed E-state index contributed by atoms with van der Waals surface area (Å²) in [4.78, 5) is 0. The summed E-state index contributed by atoms with van der Waals surface area (Å²) in [7, 11) is 0. The van der Waals surface area contributed by atoms with Gasteiger partial charge in [-0.3, -0.25) is 0 Å². The second-order valence-electron chi connectivity index (χ2n) is 6.24. The Morgan fingerprint density at radius 3 is 2.33 bits per heavy atom. The maximum absolute atomic E-state index is 5.97. The van der Waals surface area contributed by atoms with E-state index in [-0.39, 0.29) is 5.41 Å². The van der Waals surface area contributed by atoms with Crippen LogP contribution in [0, 0.1) is 11.3 Å². The molecule has 0 spiro atoms. The molecular formula is C17H21N. The Morgan fingerprint density at radius 2 is 1.67 bits per heavy atom. The van der Waals surface area contributed by atoms with E-state index in [2.05, 4.69) is 63.2 Å². The Bertz CT molecular complexity index is 594. The van der Waals surface area contributed by atoms with Crippen molar-refractivity contribution in [2.24, 2.45) is 17.1 Å². The van der Waals surface area contributed by atoms with Gasteiger partial charge in [-0.2, -0.15) is 0 Å². The predicted molar refractivity (Wildman–Crippen MR) is 77.6 cm³/mol. The van der Waals surface area contributed by atoms with Crippen LogP contribution in [-0.4, -0.2) is 6.54 Å². The Balaban J connectivity index is 2.23. The number of benzene rings is 2. The first-order valence-corrected chi connectivity index (χ1v) is 6.72. The lowest BCUT2D eigenvalue weighted by atomic mass is 9.86. The summed E-state index contributed by atoms with van der Waals surface area (Å²) in [6, 6.07) is 15.3. The SMILES string of the molecule is CC1(C)C(CN)C1(C)c1cccc2ccccc12. The highest BCUT2D eigenvalue weighted by Crippen LogP contribution is 2.69. The number of nitrogens with two attached hydrogens (primary N) is 1. The third-order valence-electron chi connectivity index (χ3n) is 5.41. The first-order valence-electron chi connectivity index (χ1n) is 6.72. The van der Waals surface area contributed by atoms with Crippen LogP contribution in [0.5, 0.6) is 0 Å². The zero-order chi connectivity index (χ0) is 13.0. The average Bonchev–Trinajstić information content (AvgIpc) is 2.82. The highest BCUT2D eigenvalue weighted by molar-refractivity contribution is 5.87. The first kappa shape index (κ1) is 11.7. The average molecular weight is 239 g/mol. The summed E-state index contributed by atoms with van der Waals surface area (Å²) in [5.74, 6) is 0.579. The Kier molecular flexibility index (Phi) is 2.33. The highest BCUT2D eigenvalue weighted by Gasteiger charge is 2.67. The van der Waals surface area contributed by atoms with E-state index in [1.807, 2.05) is 0 Å². The number of hydrogen-bond acceptors (Lipinski definition) is 1. The molecular weight excluding hydrogens is 218 g/mol. The fraction of sp³-hybridized carbons (Fsp3) is 0.412. The predicted octanol–water partition coefficient (Wildman–Crippen LogP) is 3.71. The van der Waals surface area contributed by atoms with Crippen LogP contribution < -0.4 is 5.73 Å². The molecule has 0 aromatic heterocycles. The molecule has 1 nitrogen and oxygen atoms in total. The molecule has 1 saturated carbocycles. The van der Waals surface area contributed by atoms with Crippen LogP contribution >= 0.6 is 0 Å². The molecule has 1 aliphatic rings. The van der Waals surface area contributed by atoms with Gasteiger partial charge in [-0.1, -0.05) is 63.2 Å². The maximum atomic E-state index is 5.97. The third kappa shape index (κ3) is 1.26. The second kappa shape index (κ2) is 3.58. The zero-order valence-electron chi connectivity index (χ0n) is 11.4. The number of hydrogen-bond donors (Lipinski definition) is 1. The van der Waals surface area contributed by atoms with Gasteiger partial charge in [-0.05, 0) is 34.2 Å².